The van der Waals surface area contributed by atoms with Crippen molar-refractivity contribution < 1.29 is 4.74 Å². The van der Waals surface area contributed by atoms with E-state index in [1.807, 2.05) is 4.68 Å². The normalized spacial score (nSPS) is 21.9. The maximum atomic E-state index is 5.97. The standard InChI is InChI=1S/C12H23N5OS/c1-4-13-7-8-17-11(14-15-16-17)19-9-10-5-6-12(2,3)18-10/h10,13H,4-9H2,1-3H3. The maximum Gasteiger partial charge on any atom is 0.209 e. The Hall–Kier alpha value is -0.660. The fourth-order valence-electron chi connectivity index (χ4n) is 2.16. The van der Waals surface area contributed by atoms with Gasteiger partial charge in [0, 0.05) is 12.3 Å². The zero-order chi connectivity index (χ0) is 13.7. The lowest BCUT2D eigenvalue weighted by Crippen LogP contribution is -2.22. The van der Waals surface area contributed by atoms with Gasteiger partial charge in [0.25, 0.3) is 0 Å². The van der Waals surface area contributed by atoms with E-state index in [2.05, 4.69) is 41.6 Å². The van der Waals surface area contributed by atoms with Crippen molar-refractivity contribution in [3.8, 4) is 0 Å². The second kappa shape index (κ2) is 6.67. The van der Waals surface area contributed by atoms with E-state index in [0.29, 0.717) is 6.10 Å². The molecule has 0 radical (unpaired) electrons. The fraction of sp³-hybridized carbons (Fsp3) is 0.917. The summed E-state index contributed by atoms with van der Waals surface area (Å²) in [6, 6.07) is 0. The highest BCUT2D eigenvalue weighted by Gasteiger charge is 2.31. The predicted molar refractivity (Wildman–Crippen MR) is 75.3 cm³/mol. The highest BCUT2D eigenvalue weighted by molar-refractivity contribution is 7.99. The summed E-state index contributed by atoms with van der Waals surface area (Å²) in [6.07, 6.45) is 2.57. The van der Waals surface area contributed by atoms with Gasteiger partial charge in [-0.15, -0.1) is 5.10 Å². The molecule has 108 valence electrons. The second-order valence-corrected chi connectivity index (χ2v) is 6.37. The Bertz CT molecular complexity index is 395. The van der Waals surface area contributed by atoms with Crippen LogP contribution in [0.2, 0.25) is 0 Å². The van der Waals surface area contributed by atoms with E-state index in [0.717, 1.165) is 43.4 Å². The van der Waals surface area contributed by atoms with Crippen LogP contribution in [0.15, 0.2) is 5.16 Å². The summed E-state index contributed by atoms with van der Waals surface area (Å²) in [5.41, 5.74) is 0.0300. The van der Waals surface area contributed by atoms with E-state index < -0.39 is 0 Å². The Morgan fingerprint density at radius 1 is 1.53 bits per heavy atom. The minimum atomic E-state index is 0.0300. The molecule has 2 heterocycles. The zero-order valence-corrected chi connectivity index (χ0v) is 12.7. The summed E-state index contributed by atoms with van der Waals surface area (Å²) in [5.74, 6) is 0.922. The van der Waals surface area contributed by atoms with Gasteiger partial charge < -0.3 is 10.1 Å². The lowest BCUT2D eigenvalue weighted by molar-refractivity contribution is -0.00469. The van der Waals surface area contributed by atoms with Crippen molar-refractivity contribution in [3.63, 3.8) is 0 Å². The summed E-state index contributed by atoms with van der Waals surface area (Å²) in [6.45, 7) is 9.06. The molecule has 0 saturated carbocycles. The monoisotopic (exact) mass is 285 g/mol. The first-order valence-corrected chi connectivity index (χ1v) is 7.87. The van der Waals surface area contributed by atoms with Gasteiger partial charge in [-0.2, -0.15) is 0 Å². The lowest BCUT2D eigenvalue weighted by atomic mass is 10.1. The molecule has 0 spiro atoms. The van der Waals surface area contributed by atoms with Gasteiger partial charge in [-0.25, -0.2) is 4.68 Å². The van der Waals surface area contributed by atoms with E-state index in [9.17, 15) is 0 Å². The van der Waals surface area contributed by atoms with Crippen molar-refractivity contribution in [1.82, 2.24) is 25.5 Å². The quantitative estimate of drug-likeness (QED) is 0.602. The van der Waals surface area contributed by atoms with Crippen LogP contribution in [-0.4, -0.2) is 50.8 Å². The molecule has 1 N–H and O–H groups in total. The molecule has 1 fully saturated rings. The highest BCUT2D eigenvalue weighted by atomic mass is 32.2. The number of hydrogen-bond acceptors (Lipinski definition) is 6. The topological polar surface area (TPSA) is 64.9 Å². The molecule has 19 heavy (non-hydrogen) atoms. The number of thioether (sulfide) groups is 1. The molecule has 1 aromatic heterocycles. The molecule has 1 atom stereocenters. The first-order chi connectivity index (χ1) is 9.11. The summed E-state index contributed by atoms with van der Waals surface area (Å²) >= 11 is 1.68. The molecule has 0 bridgehead atoms. The summed E-state index contributed by atoms with van der Waals surface area (Å²) in [4.78, 5) is 0. The first-order valence-electron chi connectivity index (χ1n) is 6.88. The molecule has 1 aromatic rings. The summed E-state index contributed by atoms with van der Waals surface area (Å²) < 4.78 is 7.83. The van der Waals surface area contributed by atoms with E-state index in [1.54, 1.807) is 11.8 Å². The van der Waals surface area contributed by atoms with Gasteiger partial charge in [-0.05, 0) is 43.7 Å². The molecule has 0 aromatic carbocycles. The van der Waals surface area contributed by atoms with Crippen molar-refractivity contribution in [2.45, 2.75) is 57.0 Å². The Balaban J connectivity index is 1.78. The van der Waals surface area contributed by atoms with Crippen molar-refractivity contribution in [3.05, 3.63) is 0 Å². The summed E-state index contributed by atoms with van der Waals surface area (Å²) in [5, 5.41) is 16.0. The van der Waals surface area contributed by atoms with E-state index >= 15 is 0 Å². The Morgan fingerprint density at radius 2 is 2.37 bits per heavy atom. The van der Waals surface area contributed by atoms with Crippen LogP contribution in [0.4, 0.5) is 0 Å². The van der Waals surface area contributed by atoms with Crippen LogP contribution in [0, 0.1) is 0 Å². The van der Waals surface area contributed by atoms with Gasteiger partial charge in [0.15, 0.2) is 0 Å². The molecule has 2 rings (SSSR count). The number of nitrogens with one attached hydrogen (secondary N) is 1. The predicted octanol–water partition coefficient (Wildman–Crippen LogP) is 1.33. The SMILES string of the molecule is CCNCCn1nnnc1SCC1CCC(C)(C)O1. The molecule has 6 nitrogen and oxygen atoms in total. The van der Waals surface area contributed by atoms with Crippen LogP contribution in [0.25, 0.3) is 0 Å². The van der Waals surface area contributed by atoms with Gasteiger partial charge >= 0.3 is 0 Å². The number of rotatable bonds is 7. The molecule has 1 aliphatic heterocycles. The minimum Gasteiger partial charge on any atom is -0.371 e. The molecule has 0 aliphatic carbocycles. The van der Waals surface area contributed by atoms with Crippen LogP contribution in [0.1, 0.15) is 33.6 Å². The van der Waals surface area contributed by atoms with E-state index in [-0.39, 0.29) is 5.60 Å². The van der Waals surface area contributed by atoms with Gasteiger partial charge in [0.05, 0.1) is 18.2 Å². The third kappa shape index (κ3) is 4.43. The van der Waals surface area contributed by atoms with Crippen LogP contribution in [-0.2, 0) is 11.3 Å². The Kier molecular flexibility index (Phi) is 5.18. The summed E-state index contributed by atoms with van der Waals surface area (Å²) in [7, 11) is 0. The number of nitrogens with zero attached hydrogens (tertiary/aromatic N) is 4. The highest BCUT2D eigenvalue weighted by Crippen LogP contribution is 2.32. The fourth-order valence-corrected chi connectivity index (χ4v) is 3.11. The number of tetrazole rings is 1. The minimum absolute atomic E-state index is 0.0300. The molecular formula is C12H23N5OS. The first kappa shape index (κ1) is 14.7. The Labute approximate surface area is 118 Å². The van der Waals surface area contributed by atoms with Crippen LogP contribution < -0.4 is 5.32 Å². The average Bonchev–Trinajstić information content (AvgIpc) is 2.93. The van der Waals surface area contributed by atoms with Crippen molar-refractivity contribution in [2.75, 3.05) is 18.8 Å². The van der Waals surface area contributed by atoms with Crippen molar-refractivity contribution in [1.29, 1.82) is 0 Å². The largest absolute Gasteiger partial charge is 0.371 e. The number of hydrogen-bond donors (Lipinski definition) is 1. The third-order valence-electron chi connectivity index (χ3n) is 3.20. The van der Waals surface area contributed by atoms with Crippen LogP contribution >= 0.6 is 11.8 Å². The van der Waals surface area contributed by atoms with E-state index in [4.69, 9.17) is 4.74 Å². The second-order valence-electron chi connectivity index (χ2n) is 5.39. The Morgan fingerprint density at radius 3 is 3.05 bits per heavy atom. The van der Waals surface area contributed by atoms with Gasteiger partial charge in [-0.3, -0.25) is 0 Å². The van der Waals surface area contributed by atoms with E-state index in [1.165, 1.54) is 0 Å². The number of likely N-dealkylation sites (N-methyl/N-ethyl adjacent to an activating group) is 1. The average molecular weight is 285 g/mol. The van der Waals surface area contributed by atoms with Gasteiger partial charge in [-0.1, -0.05) is 18.7 Å². The molecule has 1 unspecified atom stereocenters. The number of ether oxygens (including phenoxy) is 1. The van der Waals surface area contributed by atoms with Gasteiger partial charge in [0.2, 0.25) is 5.16 Å². The van der Waals surface area contributed by atoms with Crippen molar-refractivity contribution in [2.24, 2.45) is 0 Å². The molecule has 0 amide bonds. The lowest BCUT2D eigenvalue weighted by Gasteiger charge is -2.18. The molecule has 1 saturated heterocycles. The van der Waals surface area contributed by atoms with Gasteiger partial charge in [0.1, 0.15) is 0 Å². The molecular weight excluding hydrogens is 262 g/mol. The molecule has 7 heteroatoms. The zero-order valence-electron chi connectivity index (χ0n) is 11.9. The molecule has 1 aliphatic rings. The maximum absolute atomic E-state index is 5.97. The third-order valence-corrected chi connectivity index (χ3v) is 4.29. The smallest absolute Gasteiger partial charge is 0.209 e. The van der Waals surface area contributed by atoms with Crippen LogP contribution in [0.3, 0.4) is 0 Å². The number of aromatic nitrogens is 4. The van der Waals surface area contributed by atoms with Crippen LogP contribution in [0.5, 0.6) is 0 Å². The van der Waals surface area contributed by atoms with Crippen molar-refractivity contribution >= 4 is 11.8 Å².